The van der Waals surface area contributed by atoms with E-state index in [1.165, 1.54) is 12.3 Å². The second-order valence-corrected chi connectivity index (χ2v) is 4.89. The summed E-state index contributed by atoms with van der Waals surface area (Å²) in [7, 11) is 0. The first kappa shape index (κ1) is 19.4. The van der Waals surface area contributed by atoms with Crippen LogP contribution in [-0.4, -0.2) is 30.3 Å². The van der Waals surface area contributed by atoms with Crippen molar-refractivity contribution in [2.75, 3.05) is 13.2 Å². The molecule has 1 aromatic rings. The number of amides is 1. The molecule has 0 atom stereocenters. The van der Waals surface area contributed by atoms with Gasteiger partial charge in [-0.2, -0.15) is 5.10 Å². The fourth-order valence-corrected chi connectivity index (χ4v) is 1.94. The normalized spacial score (nSPS) is 10.6. The van der Waals surface area contributed by atoms with Crippen molar-refractivity contribution < 1.29 is 19.2 Å². The van der Waals surface area contributed by atoms with Crippen LogP contribution < -0.4 is 14.9 Å². The largest absolute Gasteiger partial charge is 0.490 e. The number of rotatable bonds is 10. The molecule has 1 N–H and O–H groups in total. The molecule has 0 heterocycles. The molecule has 0 aliphatic carbocycles. The number of carbonyl (C=O) groups is 1. The van der Waals surface area contributed by atoms with E-state index in [-0.39, 0.29) is 29.7 Å². The van der Waals surface area contributed by atoms with E-state index in [4.69, 9.17) is 9.47 Å². The monoisotopic (exact) mass is 337 g/mol. The SMILES string of the molecule is CCCCC(=O)N/N=C/c1cc(OCC)c(OCC)c([N+](=O)[O-])c1. The number of ether oxygens (including phenoxy) is 2. The molecule has 0 saturated heterocycles. The Labute approximate surface area is 141 Å². The summed E-state index contributed by atoms with van der Waals surface area (Å²) in [6.45, 7) is 6.12. The maximum absolute atomic E-state index is 11.5. The van der Waals surface area contributed by atoms with E-state index in [1.807, 2.05) is 6.92 Å². The first-order valence-corrected chi connectivity index (χ1v) is 7.93. The maximum Gasteiger partial charge on any atom is 0.315 e. The summed E-state index contributed by atoms with van der Waals surface area (Å²) in [5, 5.41) is 15.1. The zero-order valence-corrected chi connectivity index (χ0v) is 14.2. The van der Waals surface area contributed by atoms with Crippen LogP contribution in [0.3, 0.4) is 0 Å². The van der Waals surface area contributed by atoms with Crippen LogP contribution in [0.2, 0.25) is 0 Å². The van der Waals surface area contributed by atoms with Gasteiger partial charge in [-0.1, -0.05) is 13.3 Å². The third kappa shape index (κ3) is 5.86. The standard InChI is InChI=1S/C16H23N3O5/c1-4-7-8-15(20)18-17-11-12-9-13(19(21)22)16(24-6-3)14(10-12)23-5-2/h9-11H,4-8H2,1-3H3,(H,18,20)/b17-11+. The lowest BCUT2D eigenvalue weighted by Gasteiger charge is -2.11. The van der Waals surface area contributed by atoms with E-state index in [9.17, 15) is 14.9 Å². The molecule has 8 nitrogen and oxygen atoms in total. The molecule has 24 heavy (non-hydrogen) atoms. The smallest absolute Gasteiger partial charge is 0.315 e. The highest BCUT2D eigenvalue weighted by Gasteiger charge is 2.22. The Morgan fingerprint density at radius 2 is 2.00 bits per heavy atom. The van der Waals surface area contributed by atoms with E-state index in [1.54, 1.807) is 19.9 Å². The van der Waals surface area contributed by atoms with Crippen LogP contribution in [0.4, 0.5) is 5.69 Å². The van der Waals surface area contributed by atoms with Gasteiger partial charge in [-0.3, -0.25) is 14.9 Å². The molecule has 0 aromatic heterocycles. The van der Waals surface area contributed by atoms with E-state index >= 15 is 0 Å². The highest BCUT2D eigenvalue weighted by atomic mass is 16.6. The minimum Gasteiger partial charge on any atom is -0.490 e. The van der Waals surface area contributed by atoms with Gasteiger partial charge in [-0.05, 0) is 26.3 Å². The van der Waals surface area contributed by atoms with Crippen molar-refractivity contribution >= 4 is 17.8 Å². The minimum atomic E-state index is -0.537. The minimum absolute atomic E-state index is 0.0912. The average Bonchev–Trinajstić information content (AvgIpc) is 2.55. The Morgan fingerprint density at radius 1 is 1.29 bits per heavy atom. The number of nitro groups is 1. The first-order valence-electron chi connectivity index (χ1n) is 7.93. The van der Waals surface area contributed by atoms with Crippen molar-refractivity contribution in [1.29, 1.82) is 0 Å². The quantitative estimate of drug-likeness (QED) is 0.401. The van der Waals surface area contributed by atoms with Crippen LogP contribution in [-0.2, 0) is 4.79 Å². The van der Waals surface area contributed by atoms with Crippen LogP contribution >= 0.6 is 0 Å². The van der Waals surface area contributed by atoms with Gasteiger partial charge in [-0.15, -0.1) is 0 Å². The summed E-state index contributed by atoms with van der Waals surface area (Å²) in [5.41, 5.74) is 2.62. The average molecular weight is 337 g/mol. The van der Waals surface area contributed by atoms with Gasteiger partial charge < -0.3 is 9.47 Å². The third-order valence-electron chi connectivity index (χ3n) is 3.00. The zero-order valence-electron chi connectivity index (χ0n) is 14.2. The molecule has 0 fully saturated rings. The summed E-state index contributed by atoms with van der Waals surface area (Å²) in [6.07, 6.45) is 3.43. The third-order valence-corrected chi connectivity index (χ3v) is 3.00. The number of hydrogen-bond acceptors (Lipinski definition) is 6. The molecule has 1 aromatic carbocycles. The highest BCUT2D eigenvalue weighted by Crippen LogP contribution is 2.38. The van der Waals surface area contributed by atoms with Gasteiger partial charge in [0.1, 0.15) is 0 Å². The van der Waals surface area contributed by atoms with Gasteiger partial charge in [0.25, 0.3) is 0 Å². The van der Waals surface area contributed by atoms with E-state index < -0.39 is 4.92 Å². The lowest BCUT2D eigenvalue weighted by molar-refractivity contribution is -0.385. The van der Waals surface area contributed by atoms with Gasteiger partial charge in [0.2, 0.25) is 11.7 Å². The first-order chi connectivity index (χ1) is 11.5. The van der Waals surface area contributed by atoms with Gasteiger partial charge in [0, 0.05) is 18.1 Å². The second-order valence-electron chi connectivity index (χ2n) is 4.89. The van der Waals surface area contributed by atoms with Crippen molar-refractivity contribution in [2.24, 2.45) is 5.10 Å². The van der Waals surface area contributed by atoms with Gasteiger partial charge >= 0.3 is 5.69 Å². The Kier molecular flexibility index (Phi) is 8.24. The highest BCUT2D eigenvalue weighted by molar-refractivity contribution is 5.85. The molecular weight excluding hydrogens is 314 g/mol. The summed E-state index contributed by atoms with van der Waals surface area (Å²) in [6, 6.07) is 2.92. The Bertz CT molecular complexity index is 602. The molecular formula is C16H23N3O5. The van der Waals surface area contributed by atoms with Gasteiger partial charge in [-0.25, -0.2) is 5.43 Å². The number of benzene rings is 1. The molecule has 0 spiro atoms. The predicted molar refractivity (Wildman–Crippen MR) is 90.7 cm³/mol. The molecule has 0 bridgehead atoms. The molecule has 0 saturated carbocycles. The number of hydrazone groups is 1. The van der Waals surface area contributed by atoms with Crippen LogP contribution in [0, 0.1) is 10.1 Å². The van der Waals surface area contributed by atoms with Crippen molar-refractivity contribution in [3.05, 3.63) is 27.8 Å². The summed E-state index contributed by atoms with van der Waals surface area (Å²) >= 11 is 0. The number of nitrogens with zero attached hydrogens (tertiary/aromatic N) is 2. The number of hydrogen-bond donors (Lipinski definition) is 1. The molecule has 0 unspecified atom stereocenters. The fourth-order valence-electron chi connectivity index (χ4n) is 1.94. The lowest BCUT2D eigenvalue weighted by Crippen LogP contribution is -2.16. The van der Waals surface area contributed by atoms with Crippen LogP contribution in [0.1, 0.15) is 45.6 Å². The van der Waals surface area contributed by atoms with Crippen molar-refractivity contribution in [2.45, 2.75) is 40.0 Å². The maximum atomic E-state index is 11.5. The Hall–Kier alpha value is -2.64. The Balaban J connectivity index is 3.02. The number of nitrogens with one attached hydrogen (secondary N) is 1. The van der Waals surface area contributed by atoms with Crippen LogP contribution in [0.25, 0.3) is 0 Å². The second kappa shape index (κ2) is 10.2. The molecule has 0 aliphatic rings. The van der Waals surface area contributed by atoms with E-state index in [0.29, 0.717) is 18.6 Å². The number of nitro benzene ring substituents is 1. The topological polar surface area (TPSA) is 103 Å². The predicted octanol–water partition coefficient (Wildman–Crippen LogP) is 3.03. The van der Waals surface area contributed by atoms with Crippen molar-refractivity contribution in [3.63, 3.8) is 0 Å². The molecule has 8 heteroatoms. The summed E-state index contributed by atoms with van der Waals surface area (Å²) in [5.74, 6) is 0.166. The molecule has 1 amide bonds. The molecule has 132 valence electrons. The van der Waals surface area contributed by atoms with E-state index in [0.717, 1.165) is 12.8 Å². The lowest BCUT2D eigenvalue weighted by atomic mass is 10.2. The van der Waals surface area contributed by atoms with Crippen molar-refractivity contribution in [3.8, 4) is 11.5 Å². The number of carbonyl (C=O) groups excluding carboxylic acids is 1. The summed E-state index contributed by atoms with van der Waals surface area (Å²) < 4.78 is 10.8. The van der Waals surface area contributed by atoms with Crippen LogP contribution in [0.15, 0.2) is 17.2 Å². The van der Waals surface area contributed by atoms with Crippen LogP contribution in [0.5, 0.6) is 11.5 Å². The van der Waals surface area contributed by atoms with E-state index in [2.05, 4.69) is 10.5 Å². The summed E-state index contributed by atoms with van der Waals surface area (Å²) in [4.78, 5) is 22.2. The molecule has 1 rings (SSSR count). The fraction of sp³-hybridized carbons (Fsp3) is 0.500. The molecule has 0 aliphatic heterocycles. The van der Waals surface area contributed by atoms with Gasteiger partial charge in [0.05, 0.1) is 24.4 Å². The molecule has 0 radical (unpaired) electrons. The zero-order chi connectivity index (χ0) is 17.9. The van der Waals surface area contributed by atoms with Crippen molar-refractivity contribution in [1.82, 2.24) is 5.43 Å². The number of unbranched alkanes of at least 4 members (excludes halogenated alkanes) is 1. The Morgan fingerprint density at radius 3 is 2.58 bits per heavy atom. The van der Waals surface area contributed by atoms with Gasteiger partial charge in [0.15, 0.2) is 5.75 Å².